The molecule has 0 aromatic heterocycles. The van der Waals surface area contributed by atoms with Crippen molar-refractivity contribution in [1.82, 2.24) is 9.96 Å². The van der Waals surface area contributed by atoms with Crippen LogP contribution in [0.4, 0.5) is 4.79 Å². The first-order valence-corrected chi connectivity index (χ1v) is 5.42. The van der Waals surface area contributed by atoms with Crippen molar-refractivity contribution in [3.63, 3.8) is 0 Å². The fourth-order valence-corrected chi connectivity index (χ4v) is 1.65. The quantitative estimate of drug-likeness (QED) is 0.807. The van der Waals surface area contributed by atoms with Gasteiger partial charge < -0.3 is 0 Å². The molecular weight excluding hydrogens is 244 g/mol. The van der Waals surface area contributed by atoms with Crippen molar-refractivity contribution >= 4 is 23.5 Å². The summed E-state index contributed by atoms with van der Waals surface area (Å²) < 4.78 is 0. The Labute approximate surface area is 103 Å². The van der Waals surface area contributed by atoms with Gasteiger partial charge >= 0.3 is 6.03 Å². The van der Waals surface area contributed by atoms with E-state index in [0.717, 1.165) is 15.5 Å². The minimum absolute atomic E-state index is 0.132. The lowest BCUT2D eigenvalue weighted by molar-refractivity contribution is -0.176. The molecule has 1 saturated heterocycles. The molecule has 17 heavy (non-hydrogen) atoms. The van der Waals surface area contributed by atoms with Gasteiger partial charge in [0.2, 0.25) is 0 Å². The van der Waals surface area contributed by atoms with Gasteiger partial charge in [-0.15, -0.1) is 0 Å². The van der Waals surface area contributed by atoms with E-state index in [4.69, 9.17) is 16.4 Å². The Hall–Kier alpha value is -1.59. The molecule has 3 amide bonds. The molecule has 0 unspecified atom stereocenters. The van der Waals surface area contributed by atoms with Crippen LogP contribution in [0, 0.1) is 0 Å². The molecule has 0 saturated carbocycles. The van der Waals surface area contributed by atoms with E-state index in [2.05, 4.69) is 0 Å². The van der Waals surface area contributed by atoms with Gasteiger partial charge in [-0.1, -0.05) is 29.8 Å². The largest absolute Gasteiger partial charge is 0.350 e. The number of benzene rings is 1. The Balaban J connectivity index is 2.12. The smallest absolute Gasteiger partial charge is 0.272 e. The van der Waals surface area contributed by atoms with Gasteiger partial charge in [-0.05, 0) is 11.6 Å². The number of hydrogen-bond donors (Lipinski definition) is 0. The van der Waals surface area contributed by atoms with Crippen molar-refractivity contribution in [2.45, 2.75) is 6.54 Å². The molecule has 0 aliphatic carbocycles. The highest BCUT2D eigenvalue weighted by atomic mass is 35.5. The second kappa shape index (κ2) is 4.73. The van der Waals surface area contributed by atoms with Crippen molar-refractivity contribution in [2.75, 3.05) is 13.7 Å². The lowest BCUT2D eigenvalue weighted by atomic mass is 10.2. The van der Waals surface area contributed by atoms with Crippen LogP contribution >= 0.6 is 11.6 Å². The van der Waals surface area contributed by atoms with Gasteiger partial charge in [0.25, 0.3) is 5.91 Å². The standard InChI is InChI=1S/C11H11ClN2O3/c1-13-10(15)7-17-14(11(13)16)6-8-4-2-3-5-9(8)12/h2-5H,6-7H2,1H3. The van der Waals surface area contributed by atoms with Crippen molar-refractivity contribution in [1.29, 1.82) is 0 Å². The fourth-order valence-electron chi connectivity index (χ4n) is 1.45. The van der Waals surface area contributed by atoms with Crippen LogP contribution < -0.4 is 0 Å². The van der Waals surface area contributed by atoms with E-state index in [1.807, 2.05) is 6.07 Å². The van der Waals surface area contributed by atoms with Gasteiger partial charge in [-0.3, -0.25) is 14.5 Å². The number of halogens is 1. The van der Waals surface area contributed by atoms with E-state index in [0.29, 0.717) is 5.02 Å². The number of nitrogens with zero attached hydrogens (tertiary/aromatic N) is 2. The molecular formula is C11H11ClN2O3. The number of carbonyl (C=O) groups excluding carboxylic acids is 2. The monoisotopic (exact) mass is 254 g/mol. The van der Waals surface area contributed by atoms with Gasteiger partial charge in [0, 0.05) is 12.1 Å². The SMILES string of the molecule is CN1C(=O)CON(Cc2ccccc2Cl)C1=O. The van der Waals surface area contributed by atoms with Crippen LogP contribution in [0.1, 0.15) is 5.56 Å². The number of amides is 3. The van der Waals surface area contributed by atoms with E-state index >= 15 is 0 Å². The van der Waals surface area contributed by atoms with E-state index in [1.165, 1.54) is 7.05 Å². The number of imide groups is 1. The topological polar surface area (TPSA) is 49.9 Å². The van der Waals surface area contributed by atoms with Crippen LogP contribution in [0.2, 0.25) is 5.02 Å². The first-order valence-electron chi connectivity index (χ1n) is 5.04. The Morgan fingerprint density at radius 1 is 1.35 bits per heavy atom. The van der Waals surface area contributed by atoms with Gasteiger partial charge in [-0.2, -0.15) is 5.06 Å². The number of hydrogen-bond acceptors (Lipinski definition) is 3. The lowest BCUT2D eigenvalue weighted by Gasteiger charge is -2.31. The van der Waals surface area contributed by atoms with Gasteiger partial charge in [0.05, 0.1) is 6.54 Å². The third-order valence-corrected chi connectivity index (χ3v) is 2.86. The summed E-state index contributed by atoms with van der Waals surface area (Å²) in [6.45, 7) is 0.0861. The average Bonchev–Trinajstić information content (AvgIpc) is 2.32. The molecule has 1 aromatic rings. The molecule has 90 valence electrons. The first kappa shape index (κ1) is 11.9. The summed E-state index contributed by atoms with van der Waals surface area (Å²) in [6.07, 6.45) is 0. The molecule has 1 aliphatic rings. The molecule has 0 atom stereocenters. The maximum atomic E-state index is 11.7. The van der Waals surface area contributed by atoms with Crippen molar-refractivity contribution in [3.05, 3.63) is 34.9 Å². The third-order valence-electron chi connectivity index (χ3n) is 2.49. The first-order chi connectivity index (χ1) is 8.09. The molecule has 5 nitrogen and oxygen atoms in total. The van der Waals surface area contributed by atoms with E-state index < -0.39 is 6.03 Å². The molecule has 1 aliphatic heterocycles. The Morgan fingerprint density at radius 2 is 2.06 bits per heavy atom. The Bertz CT molecular complexity index is 464. The number of urea groups is 1. The minimum atomic E-state index is -0.485. The van der Waals surface area contributed by atoms with E-state index in [-0.39, 0.29) is 19.1 Å². The predicted molar refractivity (Wildman–Crippen MR) is 61.1 cm³/mol. The summed E-state index contributed by atoms with van der Waals surface area (Å²) in [4.78, 5) is 29.0. The van der Waals surface area contributed by atoms with Crippen molar-refractivity contribution < 1.29 is 14.4 Å². The molecule has 1 fully saturated rings. The number of likely N-dealkylation sites (N-methyl/N-ethyl adjacent to an activating group) is 1. The molecule has 1 aromatic carbocycles. The van der Waals surface area contributed by atoms with E-state index in [1.54, 1.807) is 18.2 Å². The normalized spacial score (nSPS) is 16.6. The van der Waals surface area contributed by atoms with Crippen LogP contribution in [0.3, 0.4) is 0 Å². The summed E-state index contributed by atoms with van der Waals surface area (Å²) in [5.74, 6) is -0.356. The van der Waals surface area contributed by atoms with Crippen molar-refractivity contribution in [3.8, 4) is 0 Å². The molecule has 0 radical (unpaired) electrons. The summed E-state index contributed by atoms with van der Waals surface area (Å²) in [5.41, 5.74) is 0.769. The van der Waals surface area contributed by atoms with Crippen LogP contribution in [-0.2, 0) is 16.2 Å². The average molecular weight is 255 g/mol. The van der Waals surface area contributed by atoms with Gasteiger partial charge in [-0.25, -0.2) is 4.79 Å². The molecule has 1 heterocycles. The number of rotatable bonds is 2. The Kier molecular flexibility index (Phi) is 3.31. The highest BCUT2D eigenvalue weighted by Gasteiger charge is 2.30. The molecule has 2 rings (SSSR count). The number of hydroxylamine groups is 2. The molecule has 0 bridgehead atoms. The predicted octanol–water partition coefficient (Wildman–Crippen LogP) is 1.67. The van der Waals surface area contributed by atoms with E-state index in [9.17, 15) is 9.59 Å². The minimum Gasteiger partial charge on any atom is -0.272 e. The zero-order chi connectivity index (χ0) is 12.4. The third kappa shape index (κ3) is 2.40. The maximum absolute atomic E-state index is 11.7. The second-order valence-corrected chi connectivity index (χ2v) is 4.04. The van der Waals surface area contributed by atoms with Gasteiger partial charge in [0.15, 0.2) is 6.61 Å². The molecule has 0 N–H and O–H groups in total. The zero-order valence-electron chi connectivity index (χ0n) is 9.22. The van der Waals surface area contributed by atoms with Crippen LogP contribution in [-0.4, -0.2) is 35.6 Å². The summed E-state index contributed by atoms with van der Waals surface area (Å²) in [5, 5.41) is 1.69. The molecule has 0 spiro atoms. The second-order valence-electron chi connectivity index (χ2n) is 3.64. The summed E-state index contributed by atoms with van der Waals surface area (Å²) in [7, 11) is 1.42. The maximum Gasteiger partial charge on any atom is 0.350 e. The van der Waals surface area contributed by atoms with Crippen LogP contribution in [0.25, 0.3) is 0 Å². The highest BCUT2D eigenvalue weighted by Crippen LogP contribution is 2.19. The Morgan fingerprint density at radius 3 is 2.76 bits per heavy atom. The summed E-state index contributed by atoms with van der Waals surface area (Å²) in [6, 6.07) is 6.68. The van der Waals surface area contributed by atoms with Crippen LogP contribution in [0.15, 0.2) is 24.3 Å². The molecule has 6 heteroatoms. The fraction of sp³-hybridized carbons (Fsp3) is 0.273. The lowest BCUT2D eigenvalue weighted by Crippen LogP contribution is -2.51. The zero-order valence-corrected chi connectivity index (χ0v) is 9.98. The highest BCUT2D eigenvalue weighted by molar-refractivity contribution is 6.31. The van der Waals surface area contributed by atoms with Crippen LogP contribution in [0.5, 0.6) is 0 Å². The van der Waals surface area contributed by atoms with Crippen molar-refractivity contribution in [2.24, 2.45) is 0 Å². The summed E-state index contributed by atoms with van der Waals surface area (Å²) >= 11 is 5.98. The van der Waals surface area contributed by atoms with Gasteiger partial charge in [0.1, 0.15) is 0 Å². The number of carbonyl (C=O) groups is 2.